The van der Waals surface area contributed by atoms with Crippen molar-refractivity contribution in [3.8, 4) is 5.75 Å². The van der Waals surface area contributed by atoms with E-state index in [0.717, 1.165) is 37.6 Å². The maximum atomic E-state index is 5.96. The molecule has 1 atom stereocenters. The highest BCUT2D eigenvalue weighted by molar-refractivity contribution is 5.79. The van der Waals surface area contributed by atoms with E-state index in [4.69, 9.17) is 4.74 Å². The van der Waals surface area contributed by atoms with Crippen LogP contribution in [0.4, 0.5) is 5.69 Å². The molecule has 5 heteroatoms. The molecule has 1 aliphatic heterocycles. The zero-order chi connectivity index (χ0) is 18.4. The third kappa shape index (κ3) is 4.69. The number of fused-ring (bicyclic) bond motifs is 1. The molecule has 2 aromatic carbocycles. The van der Waals surface area contributed by atoms with Gasteiger partial charge in [-0.25, -0.2) is 0 Å². The largest absolute Gasteiger partial charge is 0.488 e. The number of benzene rings is 2. The first-order chi connectivity index (χ1) is 12.7. The lowest BCUT2D eigenvalue weighted by molar-refractivity contribution is 0.235. The molecule has 2 aromatic rings. The van der Waals surface area contributed by atoms with E-state index < -0.39 is 0 Å². The summed E-state index contributed by atoms with van der Waals surface area (Å²) in [7, 11) is 5.91. The van der Waals surface area contributed by atoms with Gasteiger partial charge in [0.05, 0.1) is 6.54 Å². The second-order valence-corrected chi connectivity index (χ2v) is 6.74. The van der Waals surface area contributed by atoms with Gasteiger partial charge in [-0.3, -0.25) is 4.99 Å². The van der Waals surface area contributed by atoms with Gasteiger partial charge in [0, 0.05) is 39.8 Å². The topological polar surface area (TPSA) is 48.9 Å². The number of rotatable bonds is 6. The van der Waals surface area contributed by atoms with Crippen molar-refractivity contribution in [3.05, 3.63) is 59.7 Å². The Labute approximate surface area is 156 Å². The number of ether oxygens (including phenoxy) is 1. The van der Waals surface area contributed by atoms with Crippen molar-refractivity contribution >= 4 is 11.6 Å². The molecular formula is C21H28N4O. The summed E-state index contributed by atoms with van der Waals surface area (Å²) in [5, 5.41) is 6.74. The van der Waals surface area contributed by atoms with Gasteiger partial charge < -0.3 is 20.3 Å². The van der Waals surface area contributed by atoms with Gasteiger partial charge >= 0.3 is 0 Å². The molecule has 138 valence electrons. The van der Waals surface area contributed by atoms with Crippen LogP contribution in [0.15, 0.2) is 53.5 Å². The number of hydrogen-bond acceptors (Lipinski definition) is 3. The lowest BCUT2D eigenvalue weighted by Crippen LogP contribution is -2.42. The van der Waals surface area contributed by atoms with Gasteiger partial charge in [0.2, 0.25) is 0 Å². The molecular weight excluding hydrogens is 324 g/mol. The van der Waals surface area contributed by atoms with Crippen LogP contribution >= 0.6 is 0 Å². The van der Waals surface area contributed by atoms with Crippen LogP contribution in [-0.2, 0) is 12.8 Å². The van der Waals surface area contributed by atoms with E-state index in [1.54, 1.807) is 7.05 Å². The Balaban J connectivity index is 1.40. The van der Waals surface area contributed by atoms with Crippen molar-refractivity contribution in [1.82, 2.24) is 10.6 Å². The van der Waals surface area contributed by atoms with Gasteiger partial charge in [0.1, 0.15) is 11.9 Å². The molecule has 1 unspecified atom stereocenters. The Hall–Kier alpha value is -2.69. The summed E-state index contributed by atoms with van der Waals surface area (Å²) >= 11 is 0. The zero-order valence-corrected chi connectivity index (χ0v) is 15.8. The summed E-state index contributed by atoms with van der Waals surface area (Å²) in [5.41, 5.74) is 3.81. The normalized spacial score (nSPS) is 16.0. The third-order valence-corrected chi connectivity index (χ3v) is 4.59. The van der Waals surface area contributed by atoms with Crippen LogP contribution in [0.5, 0.6) is 5.75 Å². The van der Waals surface area contributed by atoms with E-state index in [1.807, 2.05) is 12.1 Å². The fourth-order valence-electron chi connectivity index (χ4n) is 3.08. The van der Waals surface area contributed by atoms with Crippen LogP contribution in [-0.4, -0.2) is 46.3 Å². The van der Waals surface area contributed by atoms with Gasteiger partial charge in [-0.1, -0.05) is 30.3 Å². The SMILES string of the molecule is CN=C(NCCc1ccc(N(C)C)cc1)NCC1Cc2ccccc2O1. The Kier molecular flexibility index (Phi) is 6.00. The Morgan fingerprint density at radius 2 is 1.88 bits per heavy atom. The zero-order valence-electron chi connectivity index (χ0n) is 15.8. The van der Waals surface area contributed by atoms with Gasteiger partial charge in [0.15, 0.2) is 5.96 Å². The highest BCUT2D eigenvalue weighted by Gasteiger charge is 2.22. The number of nitrogens with zero attached hydrogens (tertiary/aromatic N) is 2. The predicted molar refractivity (Wildman–Crippen MR) is 108 cm³/mol. The molecule has 3 rings (SSSR count). The highest BCUT2D eigenvalue weighted by atomic mass is 16.5. The minimum atomic E-state index is 0.157. The summed E-state index contributed by atoms with van der Waals surface area (Å²) in [6.07, 6.45) is 2.06. The number of guanidine groups is 1. The molecule has 0 saturated heterocycles. The smallest absolute Gasteiger partial charge is 0.191 e. The minimum absolute atomic E-state index is 0.157. The number of para-hydroxylation sites is 1. The maximum absolute atomic E-state index is 5.96. The van der Waals surface area contributed by atoms with Crippen molar-refractivity contribution < 1.29 is 4.74 Å². The van der Waals surface area contributed by atoms with Crippen molar-refractivity contribution in [2.24, 2.45) is 4.99 Å². The maximum Gasteiger partial charge on any atom is 0.191 e. The number of nitrogens with one attached hydrogen (secondary N) is 2. The second kappa shape index (κ2) is 8.61. The van der Waals surface area contributed by atoms with Crippen LogP contribution in [0.1, 0.15) is 11.1 Å². The molecule has 0 bridgehead atoms. The van der Waals surface area contributed by atoms with Gasteiger partial charge in [-0.2, -0.15) is 0 Å². The lowest BCUT2D eigenvalue weighted by Gasteiger charge is -2.16. The quantitative estimate of drug-likeness (QED) is 0.619. The van der Waals surface area contributed by atoms with Crippen molar-refractivity contribution in [2.75, 3.05) is 39.1 Å². The molecule has 0 aromatic heterocycles. The summed E-state index contributed by atoms with van der Waals surface area (Å²) in [6.45, 7) is 1.58. The summed E-state index contributed by atoms with van der Waals surface area (Å²) in [4.78, 5) is 6.41. The molecule has 0 radical (unpaired) electrons. The molecule has 1 aliphatic rings. The summed E-state index contributed by atoms with van der Waals surface area (Å²) in [6, 6.07) is 16.9. The van der Waals surface area contributed by atoms with E-state index >= 15 is 0 Å². The fourth-order valence-corrected chi connectivity index (χ4v) is 3.08. The minimum Gasteiger partial charge on any atom is -0.488 e. The number of anilines is 1. The molecule has 0 amide bonds. The van der Waals surface area contributed by atoms with Crippen molar-refractivity contribution in [3.63, 3.8) is 0 Å². The second-order valence-electron chi connectivity index (χ2n) is 6.74. The van der Waals surface area contributed by atoms with E-state index in [0.29, 0.717) is 0 Å². The van der Waals surface area contributed by atoms with E-state index in [-0.39, 0.29) is 6.10 Å². The first-order valence-electron chi connectivity index (χ1n) is 9.11. The average molecular weight is 352 g/mol. The van der Waals surface area contributed by atoms with Crippen LogP contribution in [0.2, 0.25) is 0 Å². The monoisotopic (exact) mass is 352 g/mol. The first-order valence-corrected chi connectivity index (χ1v) is 9.11. The van der Waals surface area contributed by atoms with Gasteiger partial charge in [0.25, 0.3) is 0 Å². The van der Waals surface area contributed by atoms with Gasteiger partial charge in [-0.05, 0) is 35.7 Å². The Bertz CT molecular complexity index is 715. The Morgan fingerprint density at radius 3 is 2.58 bits per heavy atom. The van der Waals surface area contributed by atoms with Crippen LogP contribution in [0, 0.1) is 0 Å². The molecule has 0 aliphatic carbocycles. The van der Waals surface area contributed by atoms with Crippen molar-refractivity contribution in [2.45, 2.75) is 18.9 Å². The molecule has 2 N–H and O–H groups in total. The van der Waals surface area contributed by atoms with Crippen LogP contribution in [0.25, 0.3) is 0 Å². The number of hydrogen-bond donors (Lipinski definition) is 2. The molecule has 0 spiro atoms. The summed E-state index contributed by atoms with van der Waals surface area (Å²) in [5.74, 6) is 1.82. The first kappa shape index (κ1) is 18.1. The van der Waals surface area contributed by atoms with E-state index in [2.05, 4.69) is 71.0 Å². The standard InChI is InChI=1S/C21H28N4O/c1-22-21(23-13-12-16-8-10-18(11-9-16)25(2)3)24-15-19-14-17-6-4-5-7-20(17)26-19/h4-11,19H,12-15H2,1-3H3,(H2,22,23,24). The fraction of sp³-hybridized carbons (Fsp3) is 0.381. The molecule has 0 fully saturated rings. The van der Waals surface area contributed by atoms with E-state index in [1.165, 1.54) is 16.8 Å². The van der Waals surface area contributed by atoms with Crippen LogP contribution < -0.4 is 20.3 Å². The van der Waals surface area contributed by atoms with Crippen LogP contribution in [0.3, 0.4) is 0 Å². The highest BCUT2D eigenvalue weighted by Crippen LogP contribution is 2.27. The molecule has 26 heavy (non-hydrogen) atoms. The van der Waals surface area contributed by atoms with Crippen molar-refractivity contribution in [1.29, 1.82) is 0 Å². The molecule has 0 saturated carbocycles. The summed E-state index contributed by atoms with van der Waals surface area (Å²) < 4.78 is 5.96. The third-order valence-electron chi connectivity index (χ3n) is 4.59. The van der Waals surface area contributed by atoms with E-state index in [9.17, 15) is 0 Å². The average Bonchev–Trinajstić information content (AvgIpc) is 3.07. The van der Waals surface area contributed by atoms with Gasteiger partial charge in [-0.15, -0.1) is 0 Å². The molecule has 5 nitrogen and oxygen atoms in total. The molecule has 1 heterocycles. The lowest BCUT2D eigenvalue weighted by atomic mass is 10.1. The number of aliphatic imine (C=N–C) groups is 1. The Morgan fingerprint density at radius 1 is 1.12 bits per heavy atom. The predicted octanol–water partition coefficient (Wildman–Crippen LogP) is 2.46.